The first-order valence-electron chi connectivity index (χ1n) is 4.95. The fourth-order valence-electron chi connectivity index (χ4n) is 0.985. The van der Waals surface area contributed by atoms with Gasteiger partial charge in [0.1, 0.15) is 0 Å². The van der Waals surface area contributed by atoms with Crippen molar-refractivity contribution in [2.45, 2.75) is 38.9 Å². The van der Waals surface area contributed by atoms with Gasteiger partial charge in [-0.25, -0.2) is 0 Å². The Morgan fingerprint density at radius 3 is 2.40 bits per heavy atom. The van der Waals surface area contributed by atoms with Gasteiger partial charge in [0.05, 0.1) is 16.7 Å². The van der Waals surface area contributed by atoms with Gasteiger partial charge in [0.25, 0.3) is 0 Å². The lowest BCUT2D eigenvalue weighted by atomic mass is 9.86. The molecule has 1 aromatic rings. The van der Waals surface area contributed by atoms with Crippen LogP contribution in [0.25, 0.3) is 0 Å². The van der Waals surface area contributed by atoms with Crippen molar-refractivity contribution in [3.63, 3.8) is 0 Å². The maximum atomic E-state index is 5.87. The molecule has 1 aromatic heterocycles. The lowest BCUT2D eigenvalue weighted by molar-refractivity contribution is -0.114. The molecule has 0 aliphatic heterocycles. The van der Waals surface area contributed by atoms with E-state index < -0.39 is 0 Å². The van der Waals surface area contributed by atoms with Crippen LogP contribution in [0.4, 0.5) is 0 Å². The Hall–Kier alpha value is -0.385. The van der Waals surface area contributed by atoms with E-state index in [1.165, 1.54) is 0 Å². The van der Waals surface area contributed by atoms with E-state index in [2.05, 4.69) is 4.98 Å². The van der Waals surface area contributed by atoms with Gasteiger partial charge >= 0.3 is 7.48 Å². The second-order valence-corrected chi connectivity index (χ2v) is 5.45. The fraction of sp³-hybridized carbons (Fsp3) is 0.700. The SMILES string of the molecule is COC(C)(C)C(C)(C)OBc1cncs1. The molecule has 0 atom stereocenters. The number of hydrogen-bond donors (Lipinski definition) is 0. The summed E-state index contributed by atoms with van der Waals surface area (Å²) < 4.78 is 12.4. The van der Waals surface area contributed by atoms with Crippen LogP contribution in [0.1, 0.15) is 27.7 Å². The third-order valence-electron chi connectivity index (χ3n) is 3.02. The molecule has 0 N–H and O–H groups in total. The molecule has 3 nitrogen and oxygen atoms in total. The van der Waals surface area contributed by atoms with E-state index in [1.54, 1.807) is 18.4 Å². The Kier molecular flexibility index (Phi) is 3.92. The van der Waals surface area contributed by atoms with Crippen LogP contribution in [0.5, 0.6) is 0 Å². The van der Waals surface area contributed by atoms with E-state index in [0.29, 0.717) is 7.48 Å². The Morgan fingerprint density at radius 2 is 1.93 bits per heavy atom. The van der Waals surface area contributed by atoms with Gasteiger partial charge in [-0.2, -0.15) is 0 Å². The lowest BCUT2D eigenvalue weighted by Gasteiger charge is -2.40. The van der Waals surface area contributed by atoms with E-state index in [1.807, 2.05) is 39.4 Å². The molecule has 1 heterocycles. The van der Waals surface area contributed by atoms with Crippen LogP contribution in [-0.4, -0.2) is 30.8 Å². The molecule has 0 aliphatic carbocycles. The standard InChI is InChI=1S/C10H18BNO2S/c1-9(2,13-5)10(3,4)14-11-8-6-12-7-15-8/h6-7,11H,1-5H3. The summed E-state index contributed by atoms with van der Waals surface area (Å²) in [6.07, 6.45) is 1.83. The summed E-state index contributed by atoms with van der Waals surface area (Å²) in [5.41, 5.74) is 1.18. The van der Waals surface area contributed by atoms with E-state index in [4.69, 9.17) is 9.39 Å². The van der Waals surface area contributed by atoms with Crippen LogP contribution in [0, 0.1) is 0 Å². The normalized spacial score (nSPS) is 12.9. The number of hydrogen-bond acceptors (Lipinski definition) is 4. The summed E-state index contributed by atoms with van der Waals surface area (Å²) in [4.78, 5) is 4.01. The molecule has 84 valence electrons. The predicted octanol–water partition coefficient (Wildman–Crippen LogP) is 1.34. The van der Waals surface area contributed by atoms with Crippen molar-refractivity contribution in [3.8, 4) is 0 Å². The lowest BCUT2D eigenvalue weighted by Crippen LogP contribution is -2.50. The topological polar surface area (TPSA) is 31.4 Å². The highest BCUT2D eigenvalue weighted by Gasteiger charge is 2.37. The molecular weight excluding hydrogens is 209 g/mol. The summed E-state index contributed by atoms with van der Waals surface area (Å²) in [7, 11) is 2.29. The van der Waals surface area contributed by atoms with Crippen molar-refractivity contribution in [1.82, 2.24) is 4.98 Å². The maximum absolute atomic E-state index is 5.87. The van der Waals surface area contributed by atoms with Crippen molar-refractivity contribution in [1.29, 1.82) is 0 Å². The summed E-state index contributed by atoms with van der Waals surface area (Å²) in [5.74, 6) is 0. The summed E-state index contributed by atoms with van der Waals surface area (Å²) in [6.45, 7) is 8.13. The van der Waals surface area contributed by atoms with Crippen LogP contribution < -0.4 is 4.78 Å². The summed E-state index contributed by atoms with van der Waals surface area (Å²) in [5, 5.41) is 0. The second kappa shape index (κ2) is 4.64. The third kappa shape index (κ3) is 3.03. The predicted molar refractivity (Wildman–Crippen MR) is 65.1 cm³/mol. The monoisotopic (exact) mass is 227 g/mol. The molecular formula is C10H18BNO2S. The maximum Gasteiger partial charge on any atom is 0.321 e. The molecule has 15 heavy (non-hydrogen) atoms. The van der Waals surface area contributed by atoms with E-state index in [0.717, 1.165) is 4.78 Å². The van der Waals surface area contributed by atoms with Crippen molar-refractivity contribution in [2.24, 2.45) is 0 Å². The Bertz CT molecular complexity index is 298. The quantitative estimate of drug-likeness (QED) is 0.711. The first-order valence-corrected chi connectivity index (χ1v) is 5.83. The largest absolute Gasteiger partial charge is 0.426 e. The van der Waals surface area contributed by atoms with Crippen molar-refractivity contribution in [2.75, 3.05) is 7.11 Å². The van der Waals surface area contributed by atoms with Gasteiger partial charge in [0.2, 0.25) is 0 Å². The molecule has 0 bridgehead atoms. The zero-order valence-corrected chi connectivity index (χ0v) is 10.9. The van der Waals surface area contributed by atoms with Crippen LogP contribution in [0.2, 0.25) is 0 Å². The van der Waals surface area contributed by atoms with Crippen LogP contribution in [0.3, 0.4) is 0 Å². The molecule has 0 amide bonds. The minimum absolute atomic E-state index is 0.308. The third-order valence-corrected chi connectivity index (χ3v) is 3.77. The zero-order valence-electron chi connectivity index (χ0n) is 10.0. The second-order valence-electron chi connectivity index (χ2n) is 4.48. The van der Waals surface area contributed by atoms with Crippen molar-refractivity contribution >= 4 is 23.6 Å². The molecule has 0 saturated heterocycles. The smallest absolute Gasteiger partial charge is 0.321 e. The molecule has 0 saturated carbocycles. The van der Waals surface area contributed by atoms with Gasteiger partial charge in [0, 0.05) is 18.1 Å². The summed E-state index contributed by atoms with van der Waals surface area (Å²) in [6, 6.07) is 0. The number of thiazole rings is 1. The van der Waals surface area contributed by atoms with Gasteiger partial charge in [-0.05, 0) is 27.7 Å². The van der Waals surface area contributed by atoms with E-state index in [9.17, 15) is 0 Å². The first-order chi connectivity index (χ1) is 6.89. The van der Waals surface area contributed by atoms with Gasteiger partial charge in [-0.15, -0.1) is 11.3 Å². The van der Waals surface area contributed by atoms with Crippen LogP contribution in [-0.2, 0) is 9.39 Å². The highest BCUT2D eigenvalue weighted by molar-refractivity contribution is 7.19. The molecule has 5 heteroatoms. The van der Waals surface area contributed by atoms with Gasteiger partial charge < -0.3 is 9.39 Å². The van der Waals surface area contributed by atoms with E-state index >= 15 is 0 Å². The Labute approximate surface area is 96.1 Å². The molecule has 0 spiro atoms. The van der Waals surface area contributed by atoms with Gasteiger partial charge in [-0.1, -0.05) is 0 Å². The number of ether oxygens (including phenoxy) is 1. The van der Waals surface area contributed by atoms with Crippen molar-refractivity contribution < 1.29 is 9.39 Å². The minimum atomic E-state index is -0.328. The molecule has 0 unspecified atom stereocenters. The highest BCUT2D eigenvalue weighted by Crippen LogP contribution is 2.27. The van der Waals surface area contributed by atoms with Crippen LogP contribution in [0.15, 0.2) is 11.7 Å². The first kappa shape index (κ1) is 12.7. The highest BCUT2D eigenvalue weighted by atomic mass is 32.1. The van der Waals surface area contributed by atoms with Gasteiger partial charge in [0.15, 0.2) is 0 Å². The van der Waals surface area contributed by atoms with E-state index in [-0.39, 0.29) is 11.2 Å². The molecule has 0 aliphatic rings. The number of rotatable bonds is 5. The Balaban J connectivity index is 2.57. The molecule has 0 aromatic carbocycles. The molecule has 0 radical (unpaired) electrons. The minimum Gasteiger partial charge on any atom is -0.426 e. The Morgan fingerprint density at radius 1 is 1.27 bits per heavy atom. The summed E-state index contributed by atoms with van der Waals surface area (Å²) >= 11 is 1.60. The average Bonchev–Trinajstić information content (AvgIpc) is 2.67. The van der Waals surface area contributed by atoms with Crippen LogP contribution >= 0.6 is 11.3 Å². The fourth-order valence-corrected chi connectivity index (χ4v) is 1.49. The molecule has 0 fully saturated rings. The zero-order chi connectivity index (χ0) is 11.5. The number of methoxy groups -OCH3 is 1. The molecule has 1 rings (SSSR count). The van der Waals surface area contributed by atoms with Crippen molar-refractivity contribution in [3.05, 3.63) is 11.7 Å². The average molecular weight is 227 g/mol. The van der Waals surface area contributed by atoms with Gasteiger partial charge in [-0.3, -0.25) is 4.98 Å². The number of nitrogens with zero attached hydrogens (tertiary/aromatic N) is 1. The number of aromatic nitrogens is 1.